The Labute approximate surface area is 116 Å². The molecule has 1 saturated heterocycles. The van der Waals surface area contributed by atoms with Crippen LogP contribution in [0.4, 0.5) is 0 Å². The highest BCUT2D eigenvalue weighted by Crippen LogP contribution is 2.27. The second-order valence-electron chi connectivity index (χ2n) is 5.27. The predicted octanol–water partition coefficient (Wildman–Crippen LogP) is 2.97. The van der Waals surface area contributed by atoms with Gasteiger partial charge in [0.15, 0.2) is 0 Å². The van der Waals surface area contributed by atoms with Crippen molar-refractivity contribution in [1.82, 2.24) is 5.32 Å². The maximum absolute atomic E-state index is 6.18. The van der Waals surface area contributed by atoms with Gasteiger partial charge in [-0.1, -0.05) is 19.1 Å². The molecule has 1 aromatic rings. The Kier molecular flexibility index (Phi) is 5.23. The van der Waals surface area contributed by atoms with Crippen molar-refractivity contribution in [2.24, 2.45) is 0 Å². The number of nitrogens with one attached hydrogen (secondary N) is 1. The number of rotatable bonds is 5. The first-order valence-electron chi connectivity index (χ1n) is 7.26. The van der Waals surface area contributed by atoms with Gasteiger partial charge in [-0.3, -0.25) is 0 Å². The zero-order valence-corrected chi connectivity index (χ0v) is 12.3. The van der Waals surface area contributed by atoms with E-state index in [0.717, 1.165) is 44.9 Å². The summed E-state index contributed by atoms with van der Waals surface area (Å²) in [5.74, 6) is 1.06. The highest BCUT2D eigenvalue weighted by molar-refractivity contribution is 5.43. The molecule has 1 aromatic carbocycles. The fourth-order valence-corrected chi connectivity index (χ4v) is 2.56. The molecule has 106 valence electrons. The third kappa shape index (κ3) is 3.95. The minimum absolute atomic E-state index is 0.311. The molecule has 3 nitrogen and oxygen atoms in total. The van der Waals surface area contributed by atoms with Crippen LogP contribution in [0.5, 0.6) is 5.75 Å². The van der Waals surface area contributed by atoms with Crippen LogP contribution in [0.25, 0.3) is 0 Å². The largest absolute Gasteiger partial charge is 0.490 e. The Morgan fingerprint density at radius 2 is 1.84 bits per heavy atom. The zero-order valence-electron chi connectivity index (χ0n) is 12.3. The monoisotopic (exact) mass is 263 g/mol. The molecule has 1 aliphatic heterocycles. The van der Waals surface area contributed by atoms with Gasteiger partial charge in [0.25, 0.3) is 0 Å². The second kappa shape index (κ2) is 6.92. The lowest BCUT2D eigenvalue weighted by molar-refractivity contribution is 0.0250. The van der Waals surface area contributed by atoms with E-state index in [2.05, 4.69) is 38.2 Å². The summed E-state index contributed by atoms with van der Waals surface area (Å²) in [6, 6.07) is 4.45. The Morgan fingerprint density at radius 3 is 2.42 bits per heavy atom. The van der Waals surface area contributed by atoms with Crippen LogP contribution in [0.3, 0.4) is 0 Å². The Balaban J connectivity index is 2.07. The van der Waals surface area contributed by atoms with Crippen molar-refractivity contribution in [3.05, 3.63) is 28.8 Å². The van der Waals surface area contributed by atoms with E-state index in [1.54, 1.807) is 0 Å². The minimum atomic E-state index is 0.311. The summed E-state index contributed by atoms with van der Waals surface area (Å²) in [5.41, 5.74) is 3.80. The van der Waals surface area contributed by atoms with Crippen LogP contribution in [0, 0.1) is 13.8 Å². The van der Waals surface area contributed by atoms with Crippen molar-refractivity contribution in [2.45, 2.75) is 46.3 Å². The van der Waals surface area contributed by atoms with Gasteiger partial charge in [-0.25, -0.2) is 0 Å². The minimum Gasteiger partial charge on any atom is -0.490 e. The molecule has 19 heavy (non-hydrogen) atoms. The molecular formula is C16H25NO2. The maximum atomic E-state index is 6.18. The number of hydrogen-bond acceptors (Lipinski definition) is 3. The summed E-state index contributed by atoms with van der Waals surface area (Å²) in [4.78, 5) is 0. The molecule has 0 unspecified atom stereocenters. The van der Waals surface area contributed by atoms with Crippen molar-refractivity contribution in [3.63, 3.8) is 0 Å². The Hall–Kier alpha value is -1.06. The first-order valence-corrected chi connectivity index (χ1v) is 7.26. The molecule has 0 radical (unpaired) electrons. The second-order valence-corrected chi connectivity index (χ2v) is 5.27. The van der Waals surface area contributed by atoms with Gasteiger partial charge in [-0.15, -0.1) is 0 Å². The SMILES string of the molecule is CCNCc1cc(C)c(OC2CCOCC2)c(C)c1. The summed E-state index contributed by atoms with van der Waals surface area (Å²) in [6.45, 7) is 9.97. The molecule has 3 heteroatoms. The molecule has 0 spiro atoms. The van der Waals surface area contributed by atoms with E-state index >= 15 is 0 Å². The molecule has 1 fully saturated rings. The van der Waals surface area contributed by atoms with Gasteiger partial charge in [-0.05, 0) is 37.1 Å². The van der Waals surface area contributed by atoms with E-state index < -0.39 is 0 Å². The van der Waals surface area contributed by atoms with E-state index in [-0.39, 0.29) is 0 Å². The summed E-state index contributed by atoms with van der Waals surface area (Å²) < 4.78 is 11.5. The predicted molar refractivity (Wildman–Crippen MR) is 77.8 cm³/mol. The molecular weight excluding hydrogens is 238 g/mol. The van der Waals surface area contributed by atoms with Crippen molar-refractivity contribution >= 4 is 0 Å². The number of aryl methyl sites for hydroxylation is 2. The summed E-state index contributed by atoms with van der Waals surface area (Å²) in [7, 11) is 0. The third-order valence-corrected chi connectivity index (χ3v) is 3.55. The summed E-state index contributed by atoms with van der Waals surface area (Å²) >= 11 is 0. The normalized spacial score (nSPS) is 16.6. The van der Waals surface area contributed by atoms with E-state index in [9.17, 15) is 0 Å². The van der Waals surface area contributed by atoms with Crippen molar-refractivity contribution in [1.29, 1.82) is 0 Å². The van der Waals surface area contributed by atoms with E-state index in [0.29, 0.717) is 6.10 Å². The van der Waals surface area contributed by atoms with E-state index in [1.165, 1.54) is 16.7 Å². The van der Waals surface area contributed by atoms with Gasteiger partial charge >= 0.3 is 0 Å². The van der Waals surface area contributed by atoms with Gasteiger partial charge < -0.3 is 14.8 Å². The standard InChI is InChI=1S/C16H25NO2/c1-4-17-11-14-9-12(2)16(13(3)10-14)19-15-5-7-18-8-6-15/h9-10,15,17H,4-8,11H2,1-3H3. The highest BCUT2D eigenvalue weighted by Gasteiger charge is 2.17. The molecule has 0 atom stereocenters. The van der Waals surface area contributed by atoms with E-state index in [1.807, 2.05) is 0 Å². The van der Waals surface area contributed by atoms with Crippen molar-refractivity contribution < 1.29 is 9.47 Å². The molecule has 0 saturated carbocycles. The van der Waals surface area contributed by atoms with Crippen LogP contribution in [0.2, 0.25) is 0 Å². The third-order valence-electron chi connectivity index (χ3n) is 3.55. The van der Waals surface area contributed by atoms with Crippen molar-refractivity contribution in [2.75, 3.05) is 19.8 Å². The summed E-state index contributed by atoms with van der Waals surface area (Å²) in [5, 5.41) is 3.36. The highest BCUT2D eigenvalue weighted by atomic mass is 16.5. The molecule has 0 bridgehead atoms. The molecule has 2 rings (SSSR count). The first kappa shape index (κ1) is 14.4. The zero-order chi connectivity index (χ0) is 13.7. The average molecular weight is 263 g/mol. The lowest BCUT2D eigenvalue weighted by atomic mass is 10.0. The fourth-order valence-electron chi connectivity index (χ4n) is 2.56. The smallest absolute Gasteiger partial charge is 0.125 e. The van der Waals surface area contributed by atoms with Crippen LogP contribution >= 0.6 is 0 Å². The number of benzene rings is 1. The molecule has 1 aliphatic rings. The lowest BCUT2D eigenvalue weighted by Crippen LogP contribution is -2.26. The first-order chi connectivity index (χ1) is 9.20. The molecule has 1 heterocycles. The number of ether oxygens (including phenoxy) is 2. The fraction of sp³-hybridized carbons (Fsp3) is 0.625. The van der Waals surface area contributed by atoms with Gasteiger partial charge in [0.05, 0.1) is 13.2 Å². The van der Waals surface area contributed by atoms with Gasteiger partial charge in [0.2, 0.25) is 0 Å². The van der Waals surface area contributed by atoms with Gasteiger partial charge in [-0.2, -0.15) is 0 Å². The lowest BCUT2D eigenvalue weighted by Gasteiger charge is -2.25. The molecule has 0 amide bonds. The Morgan fingerprint density at radius 1 is 1.21 bits per heavy atom. The number of hydrogen-bond donors (Lipinski definition) is 1. The summed E-state index contributed by atoms with van der Waals surface area (Å²) in [6.07, 6.45) is 2.31. The topological polar surface area (TPSA) is 30.5 Å². The van der Waals surface area contributed by atoms with Crippen LogP contribution in [0.1, 0.15) is 36.5 Å². The average Bonchev–Trinajstić information content (AvgIpc) is 2.42. The van der Waals surface area contributed by atoms with Gasteiger partial charge in [0.1, 0.15) is 11.9 Å². The van der Waals surface area contributed by atoms with Crippen molar-refractivity contribution in [3.8, 4) is 5.75 Å². The molecule has 1 N–H and O–H groups in total. The van der Waals surface area contributed by atoms with E-state index in [4.69, 9.17) is 9.47 Å². The van der Waals surface area contributed by atoms with Crippen LogP contribution in [0.15, 0.2) is 12.1 Å². The quantitative estimate of drug-likeness (QED) is 0.886. The van der Waals surface area contributed by atoms with Crippen LogP contribution in [-0.2, 0) is 11.3 Å². The Bertz CT molecular complexity index is 388. The van der Waals surface area contributed by atoms with Crippen LogP contribution in [-0.4, -0.2) is 25.9 Å². The van der Waals surface area contributed by atoms with Crippen LogP contribution < -0.4 is 10.1 Å². The van der Waals surface area contributed by atoms with Gasteiger partial charge in [0, 0.05) is 19.4 Å². The molecule has 0 aromatic heterocycles. The molecule has 0 aliphatic carbocycles. The maximum Gasteiger partial charge on any atom is 0.125 e.